The maximum Gasteiger partial charge on any atom is 0.0991 e. The third-order valence-corrected chi connectivity index (χ3v) is 14.3. The summed E-state index contributed by atoms with van der Waals surface area (Å²) in [6.45, 7) is 9.30. The van der Waals surface area contributed by atoms with E-state index in [-0.39, 0.29) is 10.8 Å². The Balaban J connectivity index is 1.08. The minimum absolute atomic E-state index is 0.170. The number of rotatable bonds is 6. The monoisotopic (exact) mass is 818 g/mol. The van der Waals surface area contributed by atoms with Crippen molar-refractivity contribution in [3.05, 3.63) is 215 Å². The van der Waals surface area contributed by atoms with E-state index in [2.05, 4.69) is 207 Å². The number of nitriles is 2. The maximum atomic E-state index is 9.80. The van der Waals surface area contributed by atoms with Gasteiger partial charge < -0.3 is 9.80 Å². The summed E-state index contributed by atoms with van der Waals surface area (Å²) < 4.78 is 0. The molecule has 4 heteroatoms. The molecule has 0 bridgehead atoms. The first-order chi connectivity index (χ1) is 31.1. The Morgan fingerprint density at radius 2 is 0.719 bits per heavy atom. The number of nitrogens with zero attached hydrogens (tertiary/aromatic N) is 4. The van der Waals surface area contributed by atoms with Crippen LogP contribution >= 0.6 is 0 Å². The van der Waals surface area contributed by atoms with Gasteiger partial charge in [0.1, 0.15) is 0 Å². The summed E-state index contributed by atoms with van der Waals surface area (Å²) in [4.78, 5) is 4.72. The molecule has 0 radical (unpaired) electrons. The summed E-state index contributed by atoms with van der Waals surface area (Å²) in [5, 5.41) is 26.6. The molecular formula is C60H42N4. The smallest absolute Gasteiger partial charge is 0.0991 e. The lowest BCUT2D eigenvalue weighted by molar-refractivity contribution is 0.660. The standard InChI is InChI=1S/C60H42N4/c1-59(2)51-11-7-5-9-45(51)47-29-25-43(33-53(47)59)63(41-21-13-37(35-61)14-22-41)55-31-19-39-18-28-50-56(32-20-40-17-27-49(55)57(39)58(40)50)64(42-23-15-38(36-62)16-24-42)44-26-30-48-46-10-6-8-12-52(46)60(3,4)54(48)34-44/h5-34H,1-4H3. The molecule has 10 aromatic carbocycles. The average molecular weight is 819 g/mol. The molecular weight excluding hydrogens is 777 g/mol. The molecule has 0 saturated carbocycles. The molecule has 0 saturated heterocycles. The van der Waals surface area contributed by atoms with Crippen LogP contribution in [-0.2, 0) is 10.8 Å². The van der Waals surface area contributed by atoms with Crippen molar-refractivity contribution >= 4 is 66.4 Å². The van der Waals surface area contributed by atoms with Crippen LogP contribution in [0.2, 0.25) is 0 Å². The van der Waals surface area contributed by atoms with Crippen molar-refractivity contribution in [1.82, 2.24) is 0 Å². The zero-order valence-corrected chi connectivity index (χ0v) is 36.1. The van der Waals surface area contributed by atoms with Crippen LogP contribution in [0.1, 0.15) is 61.1 Å². The molecule has 0 aliphatic heterocycles. The van der Waals surface area contributed by atoms with Crippen LogP contribution in [0.25, 0.3) is 54.6 Å². The van der Waals surface area contributed by atoms with E-state index >= 15 is 0 Å². The number of fused-ring (bicyclic) bond motifs is 6. The molecule has 0 aromatic heterocycles. The Labute approximate surface area is 373 Å². The van der Waals surface area contributed by atoms with E-state index in [0.29, 0.717) is 11.1 Å². The molecule has 4 nitrogen and oxygen atoms in total. The third-order valence-electron chi connectivity index (χ3n) is 14.3. The second kappa shape index (κ2) is 13.7. The second-order valence-corrected chi connectivity index (χ2v) is 18.4. The first-order valence-corrected chi connectivity index (χ1v) is 22.0. The van der Waals surface area contributed by atoms with Crippen molar-refractivity contribution in [1.29, 1.82) is 10.5 Å². The van der Waals surface area contributed by atoms with Gasteiger partial charge in [-0.2, -0.15) is 10.5 Å². The van der Waals surface area contributed by atoms with Gasteiger partial charge in [0.15, 0.2) is 0 Å². The second-order valence-electron chi connectivity index (χ2n) is 18.4. The highest BCUT2D eigenvalue weighted by atomic mass is 15.2. The molecule has 10 aromatic rings. The van der Waals surface area contributed by atoms with Crippen molar-refractivity contribution in [2.75, 3.05) is 9.80 Å². The van der Waals surface area contributed by atoms with Crippen molar-refractivity contribution in [3.8, 4) is 34.4 Å². The predicted molar refractivity (Wildman–Crippen MR) is 264 cm³/mol. The van der Waals surface area contributed by atoms with Gasteiger partial charge in [0, 0.05) is 44.4 Å². The van der Waals surface area contributed by atoms with Gasteiger partial charge >= 0.3 is 0 Å². The van der Waals surface area contributed by atoms with E-state index in [1.807, 2.05) is 24.3 Å². The fraction of sp³-hybridized carbons (Fsp3) is 0.100. The summed E-state index contributed by atoms with van der Waals surface area (Å²) >= 11 is 0. The van der Waals surface area contributed by atoms with Crippen LogP contribution in [-0.4, -0.2) is 0 Å². The highest BCUT2D eigenvalue weighted by molar-refractivity contribution is 6.28. The molecule has 0 atom stereocenters. The Morgan fingerprint density at radius 1 is 0.359 bits per heavy atom. The predicted octanol–water partition coefficient (Wildman–Crippen LogP) is 15.9. The number of hydrogen-bond acceptors (Lipinski definition) is 4. The van der Waals surface area contributed by atoms with E-state index in [9.17, 15) is 10.5 Å². The fourth-order valence-corrected chi connectivity index (χ4v) is 11.0. The van der Waals surface area contributed by atoms with Crippen LogP contribution in [0.4, 0.5) is 34.1 Å². The molecule has 0 N–H and O–H groups in total. The highest BCUT2D eigenvalue weighted by Gasteiger charge is 2.37. The van der Waals surface area contributed by atoms with Crippen LogP contribution in [0.15, 0.2) is 182 Å². The summed E-state index contributed by atoms with van der Waals surface area (Å²) in [5.41, 5.74) is 17.5. The van der Waals surface area contributed by atoms with E-state index in [0.717, 1.165) is 44.9 Å². The van der Waals surface area contributed by atoms with E-state index in [4.69, 9.17) is 0 Å². The lowest BCUT2D eigenvalue weighted by Gasteiger charge is -2.31. The molecule has 0 fully saturated rings. The van der Waals surface area contributed by atoms with Gasteiger partial charge in [0.25, 0.3) is 0 Å². The molecule has 0 unspecified atom stereocenters. The molecule has 12 rings (SSSR count). The van der Waals surface area contributed by atoms with Gasteiger partial charge in [-0.3, -0.25) is 0 Å². The largest absolute Gasteiger partial charge is 0.310 e. The van der Waals surface area contributed by atoms with Gasteiger partial charge in [-0.15, -0.1) is 0 Å². The van der Waals surface area contributed by atoms with Crippen LogP contribution < -0.4 is 9.80 Å². The first-order valence-electron chi connectivity index (χ1n) is 22.0. The van der Waals surface area contributed by atoms with E-state index in [1.165, 1.54) is 66.1 Å². The topological polar surface area (TPSA) is 54.1 Å². The average Bonchev–Trinajstić information content (AvgIpc) is 3.71. The zero-order chi connectivity index (χ0) is 43.5. The summed E-state index contributed by atoms with van der Waals surface area (Å²) in [6, 6.07) is 70.0. The molecule has 0 amide bonds. The minimum atomic E-state index is -0.170. The van der Waals surface area contributed by atoms with Gasteiger partial charge in [-0.25, -0.2) is 0 Å². The van der Waals surface area contributed by atoms with Gasteiger partial charge in [-0.1, -0.05) is 125 Å². The fourth-order valence-electron chi connectivity index (χ4n) is 11.0. The Bertz CT molecular complexity index is 3390. The van der Waals surface area contributed by atoms with Gasteiger partial charge in [0.05, 0.1) is 34.6 Å². The quantitative estimate of drug-likeness (QED) is 0.157. The third kappa shape index (κ3) is 5.33. The van der Waals surface area contributed by atoms with Crippen molar-refractivity contribution < 1.29 is 0 Å². The van der Waals surface area contributed by atoms with Gasteiger partial charge in [-0.05, 0) is 151 Å². The van der Waals surface area contributed by atoms with Crippen LogP contribution in [0, 0.1) is 22.7 Å². The molecule has 64 heavy (non-hydrogen) atoms. The summed E-state index contributed by atoms with van der Waals surface area (Å²) in [5.74, 6) is 0. The van der Waals surface area contributed by atoms with Gasteiger partial charge in [0.2, 0.25) is 0 Å². The van der Waals surface area contributed by atoms with Crippen molar-refractivity contribution in [3.63, 3.8) is 0 Å². The lowest BCUT2D eigenvalue weighted by atomic mass is 9.82. The zero-order valence-electron chi connectivity index (χ0n) is 36.1. The Kier molecular flexibility index (Phi) is 8.02. The van der Waals surface area contributed by atoms with Crippen molar-refractivity contribution in [2.24, 2.45) is 0 Å². The molecule has 2 aliphatic rings. The summed E-state index contributed by atoms with van der Waals surface area (Å²) in [6.07, 6.45) is 0. The van der Waals surface area contributed by atoms with E-state index < -0.39 is 0 Å². The Hall–Kier alpha value is -8.18. The minimum Gasteiger partial charge on any atom is -0.310 e. The first kappa shape index (κ1) is 37.6. The maximum absolute atomic E-state index is 9.80. The number of hydrogen-bond donors (Lipinski definition) is 0. The summed E-state index contributed by atoms with van der Waals surface area (Å²) in [7, 11) is 0. The van der Waals surface area contributed by atoms with E-state index in [1.54, 1.807) is 0 Å². The number of benzene rings is 10. The SMILES string of the molecule is CC1(C)c2ccccc2-c2ccc(N(c3ccc(C#N)cc3)c3ccc4ccc5c(N(c6ccc(C#N)cc6)c6ccc7c(c6)C(C)(C)c6ccccc6-7)ccc6ccc3c4c65)cc21. The van der Waals surface area contributed by atoms with Crippen LogP contribution in [0.3, 0.4) is 0 Å². The molecule has 2 aliphatic carbocycles. The molecule has 0 heterocycles. The van der Waals surface area contributed by atoms with Crippen LogP contribution in [0.5, 0.6) is 0 Å². The Morgan fingerprint density at radius 3 is 1.12 bits per heavy atom. The highest BCUT2D eigenvalue weighted by Crippen LogP contribution is 2.54. The van der Waals surface area contributed by atoms with Crippen molar-refractivity contribution in [2.45, 2.75) is 38.5 Å². The molecule has 302 valence electrons. The normalized spacial score (nSPS) is 13.8. The number of anilines is 6. The molecule has 0 spiro atoms. The lowest BCUT2D eigenvalue weighted by Crippen LogP contribution is -2.17.